The maximum atomic E-state index is 11.1. The Kier molecular flexibility index (Phi) is 4.11. The first-order chi connectivity index (χ1) is 6.27. The highest BCUT2D eigenvalue weighted by atomic mass is 79.9. The van der Waals surface area contributed by atoms with E-state index in [0.29, 0.717) is 12.3 Å². The van der Waals surface area contributed by atoms with E-state index in [4.69, 9.17) is 4.74 Å². The van der Waals surface area contributed by atoms with Crippen LogP contribution in [0.4, 0.5) is 0 Å². The predicted molar refractivity (Wildman–Crippen MR) is 56.0 cm³/mol. The lowest BCUT2D eigenvalue weighted by molar-refractivity contribution is 0.0520. The minimum absolute atomic E-state index is 0.368. The number of carbonyl (C=O) groups is 1. The van der Waals surface area contributed by atoms with Crippen LogP contribution in [0.2, 0.25) is 0 Å². The summed E-state index contributed by atoms with van der Waals surface area (Å²) in [5.74, 6) is -0.368. The average Bonchev–Trinajstić information content (AvgIpc) is 2.54. The lowest BCUT2D eigenvalue weighted by Crippen LogP contribution is -2.04. The van der Waals surface area contributed by atoms with Crippen molar-refractivity contribution in [2.24, 2.45) is 0 Å². The van der Waals surface area contributed by atoms with Gasteiger partial charge in [-0.3, -0.25) is 0 Å². The summed E-state index contributed by atoms with van der Waals surface area (Å²) in [5.41, 5.74) is 0.368. The van der Waals surface area contributed by atoms with Gasteiger partial charge in [0, 0.05) is 5.38 Å². The topological polar surface area (TPSA) is 39.2 Å². The van der Waals surface area contributed by atoms with Gasteiger partial charge in [-0.1, -0.05) is 15.9 Å². The van der Waals surface area contributed by atoms with Crippen LogP contribution >= 0.6 is 27.3 Å². The van der Waals surface area contributed by atoms with Crippen LogP contribution in [0.15, 0.2) is 10.4 Å². The standard InChI is InChI=1S/C8H8BrNO2S/c1-2-12-8(11)6-5-13-7(10-6)3-4-9/h3-5H,2H2,1H3/b4-3-. The molecule has 0 fully saturated rings. The van der Waals surface area contributed by atoms with Gasteiger partial charge in [0.2, 0.25) is 0 Å². The summed E-state index contributed by atoms with van der Waals surface area (Å²) in [6, 6.07) is 0. The molecule has 5 heteroatoms. The van der Waals surface area contributed by atoms with Gasteiger partial charge in [-0.15, -0.1) is 11.3 Å². The normalized spacial score (nSPS) is 10.6. The molecular formula is C8H8BrNO2S. The quantitative estimate of drug-likeness (QED) is 0.786. The lowest BCUT2D eigenvalue weighted by atomic mass is 10.5. The maximum Gasteiger partial charge on any atom is 0.357 e. The van der Waals surface area contributed by atoms with Gasteiger partial charge in [-0.2, -0.15) is 0 Å². The van der Waals surface area contributed by atoms with Crippen molar-refractivity contribution >= 4 is 39.3 Å². The molecule has 0 saturated carbocycles. The van der Waals surface area contributed by atoms with Gasteiger partial charge >= 0.3 is 5.97 Å². The first kappa shape index (κ1) is 10.4. The third-order valence-corrected chi connectivity index (χ3v) is 2.29. The molecule has 0 unspecified atom stereocenters. The first-order valence-electron chi connectivity index (χ1n) is 3.67. The Morgan fingerprint density at radius 3 is 3.23 bits per heavy atom. The van der Waals surface area contributed by atoms with E-state index in [9.17, 15) is 4.79 Å². The Labute approximate surface area is 88.6 Å². The molecule has 0 aliphatic rings. The number of aromatic nitrogens is 1. The molecule has 0 atom stereocenters. The zero-order valence-corrected chi connectivity index (χ0v) is 9.39. The number of rotatable bonds is 3. The molecule has 3 nitrogen and oxygen atoms in total. The molecule has 0 N–H and O–H groups in total. The second kappa shape index (κ2) is 5.14. The Balaban J connectivity index is 2.73. The molecule has 0 amide bonds. The largest absolute Gasteiger partial charge is 0.461 e. The molecule has 1 aromatic heterocycles. The van der Waals surface area contributed by atoms with E-state index >= 15 is 0 Å². The van der Waals surface area contributed by atoms with Crippen molar-refractivity contribution < 1.29 is 9.53 Å². The van der Waals surface area contributed by atoms with Gasteiger partial charge in [0.1, 0.15) is 5.01 Å². The smallest absolute Gasteiger partial charge is 0.357 e. The highest BCUT2D eigenvalue weighted by Gasteiger charge is 2.09. The van der Waals surface area contributed by atoms with Crippen molar-refractivity contribution in [2.45, 2.75) is 6.92 Å². The fourth-order valence-electron chi connectivity index (χ4n) is 0.717. The minimum atomic E-state index is -0.368. The fourth-order valence-corrected chi connectivity index (χ4v) is 1.82. The van der Waals surface area contributed by atoms with Gasteiger partial charge in [-0.25, -0.2) is 9.78 Å². The predicted octanol–water partition coefficient (Wildman–Crippen LogP) is 2.69. The average molecular weight is 262 g/mol. The number of hydrogen-bond donors (Lipinski definition) is 0. The zero-order chi connectivity index (χ0) is 9.68. The van der Waals surface area contributed by atoms with Crippen molar-refractivity contribution in [3.05, 3.63) is 21.1 Å². The van der Waals surface area contributed by atoms with E-state index in [0.717, 1.165) is 5.01 Å². The molecule has 0 saturated heterocycles. The maximum absolute atomic E-state index is 11.1. The molecule has 0 aromatic carbocycles. The van der Waals surface area contributed by atoms with E-state index in [1.165, 1.54) is 11.3 Å². The molecule has 0 aliphatic heterocycles. The van der Waals surface area contributed by atoms with Gasteiger partial charge in [0.25, 0.3) is 0 Å². The molecule has 0 radical (unpaired) electrons. The number of thiazole rings is 1. The molecule has 13 heavy (non-hydrogen) atoms. The summed E-state index contributed by atoms with van der Waals surface area (Å²) in [4.78, 5) is 16.9. The van der Waals surface area contributed by atoms with Gasteiger partial charge < -0.3 is 4.74 Å². The van der Waals surface area contributed by atoms with E-state index in [-0.39, 0.29) is 5.97 Å². The molecule has 0 aliphatic carbocycles. The van der Waals surface area contributed by atoms with Crippen molar-refractivity contribution in [2.75, 3.05) is 6.61 Å². The number of hydrogen-bond acceptors (Lipinski definition) is 4. The van der Waals surface area contributed by atoms with Crippen LogP contribution < -0.4 is 0 Å². The molecular weight excluding hydrogens is 254 g/mol. The molecule has 0 bridgehead atoms. The van der Waals surface area contributed by atoms with E-state index < -0.39 is 0 Å². The number of carbonyl (C=O) groups excluding carboxylic acids is 1. The van der Waals surface area contributed by atoms with E-state index in [1.807, 2.05) is 0 Å². The van der Waals surface area contributed by atoms with Crippen LogP contribution in [0.3, 0.4) is 0 Å². The third-order valence-electron chi connectivity index (χ3n) is 1.21. The van der Waals surface area contributed by atoms with Crippen LogP contribution in [0, 0.1) is 0 Å². The number of halogens is 1. The summed E-state index contributed by atoms with van der Waals surface area (Å²) in [6.07, 6.45) is 1.77. The summed E-state index contributed by atoms with van der Waals surface area (Å²) in [5, 5.41) is 2.46. The van der Waals surface area contributed by atoms with Crippen molar-refractivity contribution in [1.29, 1.82) is 0 Å². The molecule has 1 rings (SSSR count). The summed E-state index contributed by atoms with van der Waals surface area (Å²) >= 11 is 4.53. The van der Waals surface area contributed by atoms with Crippen LogP contribution in [-0.4, -0.2) is 17.6 Å². The SMILES string of the molecule is CCOC(=O)c1csc(/C=C\Br)n1. The third kappa shape index (κ3) is 2.93. The summed E-state index contributed by atoms with van der Waals surface area (Å²) in [6.45, 7) is 2.14. The zero-order valence-electron chi connectivity index (χ0n) is 6.99. The van der Waals surface area contributed by atoms with Gasteiger partial charge in [-0.05, 0) is 18.0 Å². The monoisotopic (exact) mass is 261 g/mol. The highest BCUT2D eigenvalue weighted by Crippen LogP contribution is 2.12. The summed E-state index contributed by atoms with van der Waals surface area (Å²) < 4.78 is 4.79. The molecule has 1 heterocycles. The second-order valence-corrected chi connectivity index (χ2v) is 3.50. The Morgan fingerprint density at radius 2 is 2.62 bits per heavy atom. The van der Waals surface area contributed by atoms with Crippen molar-refractivity contribution in [3.63, 3.8) is 0 Å². The van der Waals surface area contributed by atoms with Gasteiger partial charge in [0.05, 0.1) is 6.61 Å². The fraction of sp³-hybridized carbons (Fsp3) is 0.250. The molecule has 70 valence electrons. The Hall–Kier alpha value is -0.680. The first-order valence-corrected chi connectivity index (χ1v) is 5.47. The molecule has 1 aromatic rings. The van der Waals surface area contributed by atoms with Crippen LogP contribution in [0.1, 0.15) is 22.4 Å². The number of nitrogens with zero attached hydrogens (tertiary/aromatic N) is 1. The van der Waals surface area contributed by atoms with Crippen LogP contribution in [-0.2, 0) is 4.74 Å². The summed E-state index contributed by atoms with van der Waals surface area (Å²) in [7, 11) is 0. The van der Waals surface area contributed by atoms with E-state index in [2.05, 4.69) is 20.9 Å². The number of ether oxygens (including phenoxy) is 1. The highest BCUT2D eigenvalue weighted by molar-refractivity contribution is 9.11. The van der Waals surface area contributed by atoms with Crippen molar-refractivity contribution in [3.8, 4) is 0 Å². The second-order valence-electron chi connectivity index (χ2n) is 2.08. The van der Waals surface area contributed by atoms with Crippen LogP contribution in [0.25, 0.3) is 6.08 Å². The van der Waals surface area contributed by atoms with Crippen molar-refractivity contribution in [1.82, 2.24) is 4.98 Å². The minimum Gasteiger partial charge on any atom is -0.461 e. The Bertz CT molecular complexity index is 322. The van der Waals surface area contributed by atoms with E-state index in [1.54, 1.807) is 23.4 Å². The lowest BCUT2D eigenvalue weighted by Gasteiger charge is -1.95. The van der Waals surface area contributed by atoms with Crippen LogP contribution in [0.5, 0.6) is 0 Å². The van der Waals surface area contributed by atoms with Gasteiger partial charge in [0.15, 0.2) is 5.69 Å². The Morgan fingerprint density at radius 1 is 1.85 bits per heavy atom. The molecule has 0 spiro atoms. The number of esters is 1.